The van der Waals surface area contributed by atoms with Crippen molar-refractivity contribution in [2.45, 2.75) is 36.2 Å². The molecule has 0 bridgehead atoms. The average molecular weight is 420 g/mol. The van der Waals surface area contributed by atoms with Crippen LogP contribution in [0.5, 0.6) is 0 Å². The number of hydrogen-bond acceptors (Lipinski definition) is 6. The number of alkyl halides is 8. The largest absolute Gasteiger partial charge is 0.468 e. The Morgan fingerprint density at radius 2 is 1.50 bits per heavy atom. The van der Waals surface area contributed by atoms with Crippen LogP contribution >= 0.6 is 12.6 Å². The van der Waals surface area contributed by atoms with Gasteiger partial charge in [-0.05, 0) is 0 Å². The number of carbonyl (C=O) groups is 2. The van der Waals surface area contributed by atoms with Crippen molar-refractivity contribution in [3.05, 3.63) is 12.7 Å². The maximum absolute atomic E-state index is 13.2. The monoisotopic (exact) mass is 420 g/mol. The minimum absolute atomic E-state index is 0.181. The number of esters is 2. The van der Waals surface area contributed by atoms with Crippen LogP contribution in [0.1, 0.15) is 12.8 Å². The highest BCUT2D eigenvalue weighted by molar-refractivity contribution is 7.81. The van der Waals surface area contributed by atoms with E-state index in [1.54, 1.807) is 0 Å². The fourth-order valence-corrected chi connectivity index (χ4v) is 1.33. The Bertz CT molecular complexity index is 513. The lowest BCUT2D eigenvalue weighted by Gasteiger charge is -2.32. The van der Waals surface area contributed by atoms with Crippen molar-refractivity contribution in [2.75, 3.05) is 13.2 Å². The molecular weight excluding hydrogens is 408 g/mol. The second kappa shape index (κ2) is 8.88. The number of halogens is 8. The van der Waals surface area contributed by atoms with Crippen molar-refractivity contribution >= 4 is 24.6 Å². The molecule has 0 heterocycles. The summed E-state index contributed by atoms with van der Waals surface area (Å²) >= 11 is 2.73. The summed E-state index contributed by atoms with van der Waals surface area (Å²) in [6.45, 7) is -0.293. The maximum Gasteiger partial charge on any atom is 0.468 e. The molecule has 0 radical (unpaired) electrons. The zero-order valence-corrected chi connectivity index (χ0v) is 13.5. The van der Waals surface area contributed by atoms with Crippen LogP contribution in [0.15, 0.2) is 12.7 Å². The lowest BCUT2D eigenvalue weighted by atomic mass is 10.2. The van der Waals surface area contributed by atoms with E-state index in [9.17, 15) is 44.7 Å². The molecule has 0 amide bonds. The van der Waals surface area contributed by atoms with Gasteiger partial charge in [0.2, 0.25) is 0 Å². The summed E-state index contributed by atoms with van der Waals surface area (Å²) in [5.74, 6) is -9.00. The first-order chi connectivity index (χ1) is 11.5. The third kappa shape index (κ3) is 8.21. The summed E-state index contributed by atoms with van der Waals surface area (Å²) in [7, 11) is 0. The standard InChI is InChI=1S/C12H12F8O5S/c1-2-7(21)25-11(12(18,19)20,24-6-4-10(16,17)26)8(22)23-5-3-9(13,14)15/h2,26H,1,3-6H2. The molecule has 0 aliphatic carbocycles. The molecular formula is C12H12F8O5S. The summed E-state index contributed by atoms with van der Waals surface area (Å²) < 4.78 is 112. The van der Waals surface area contributed by atoms with Crippen LogP contribution in [-0.4, -0.2) is 48.5 Å². The molecule has 26 heavy (non-hydrogen) atoms. The average Bonchev–Trinajstić information content (AvgIpc) is 2.41. The first-order valence-corrected chi connectivity index (χ1v) is 6.89. The van der Waals surface area contributed by atoms with Crippen molar-refractivity contribution < 1.29 is 58.9 Å². The van der Waals surface area contributed by atoms with E-state index < -0.39 is 61.4 Å². The van der Waals surface area contributed by atoms with Gasteiger partial charge in [0, 0.05) is 12.5 Å². The summed E-state index contributed by atoms with van der Waals surface area (Å²) in [4.78, 5) is 22.8. The van der Waals surface area contributed by atoms with Crippen molar-refractivity contribution in [3.63, 3.8) is 0 Å². The van der Waals surface area contributed by atoms with Gasteiger partial charge < -0.3 is 14.2 Å². The minimum Gasteiger partial charge on any atom is -0.460 e. The normalized spacial score (nSPS) is 15.1. The molecule has 0 N–H and O–H groups in total. The van der Waals surface area contributed by atoms with Gasteiger partial charge in [0.1, 0.15) is 6.61 Å². The fourth-order valence-electron chi connectivity index (χ4n) is 1.24. The highest BCUT2D eigenvalue weighted by atomic mass is 32.1. The topological polar surface area (TPSA) is 61.8 Å². The van der Waals surface area contributed by atoms with Crippen LogP contribution in [0.3, 0.4) is 0 Å². The van der Waals surface area contributed by atoms with Gasteiger partial charge >= 0.3 is 30.1 Å². The van der Waals surface area contributed by atoms with Crippen molar-refractivity contribution in [1.29, 1.82) is 0 Å². The van der Waals surface area contributed by atoms with Crippen molar-refractivity contribution in [1.82, 2.24) is 0 Å². The Morgan fingerprint density at radius 1 is 0.962 bits per heavy atom. The first-order valence-electron chi connectivity index (χ1n) is 6.44. The maximum atomic E-state index is 13.2. The van der Waals surface area contributed by atoms with E-state index in [1.807, 2.05) is 0 Å². The van der Waals surface area contributed by atoms with Gasteiger partial charge in [0.05, 0.1) is 13.0 Å². The third-order valence-corrected chi connectivity index (χ3v) is 2.60. The highest BCUT2D eigenvalue weighted by Gasteiger charge is 2.67. The number of rotatable bonds is 9. The van der Waals surface area contributed by atoms with Gasteiger partial charge in [-0.15, -0.1) is 12.6 Å². The molecule has 0 aliphatic heterocycles. The minimum atomic E-state index is -5.87. The van der Waals surface area contributed by atoms with Crippen molar-refractivity contribution in [3.8, 4) is 0 Å². The Kier molecular flexibility index (Phi) is 8.35. The third-order valence-electron chi connectivity index (χ3n) is 2.38. The molecule has 0 spiro atoms. The Balaban J connectivity index is 5.53. The van der Waals surface area contributed by atoms with Gasteiger partial charge in [0.25, 0.3) is 5.25 Å². The molecule has 5 nitrogen and oxygen atoms in total. The second-order valence-corrected chi connectivity index (χ2v) is 5.16. The second-order valence-electron chi connectivity index (χ2n) is 4.50. The predicted molar refractivity (Wildman–Crippen MR) is 71.2 cm³/mol. The van der Waals surface area contributed by atoms with E-state index in [2.05, 4.69) is 33.4 Å². The molecule has 152 valence electrons. The van der Waals surface area contributed by atoms with Crippen LogP contribution in [0.25, 0.3) is 0 Å². The van der Waals surface area contributed by atoms with Crippen molar-refractivity contribution in [2.24, 2.45) is 0 Å². The predicted octanol–water partition coefficient (Wildman–Crippen LogP) is 3.40. The van der Waals surface area contributed by atoms with Crippen LogP contribution in [0, 0.1) is 0 Å². The molecule has 0 saturated heterocycles. The Morgan fingerprint density at radius 3 is 1.88 bits per heavy atom. The summed E-state index contributed by atoms with van der Waals surface area (Å²) in [5.41, 5.74) is 0. The molecule has 0 rings (SSSR count). The van der Waals surface area contributed by atoms with Gasteiger partial charge in [0.15, 0.2) is 0 Å². The van der Waals surface area contributed by atoms with E-state index in [0.29, 0.717) is 0 Å². The molecule has 0 aromatic rings. The summed E-state index contributed by atoms with van der Waals surface area (Å²) in [5, 5.41) is -3.81. The number of ether oxygens (including phenoxy) is 3. The van der Waals surface area contributed by atoms with Gasteiger partial charge in [-0.2, -0.15) is 35.1 Å². The van der Waals surface area contributed by atoms with Crippen LogP contribution in [0.4, 0.5) is 35.1 Å². The molecule has 14 heteroatoms. The van der Waals surface area contributed by atoms with Crippen LogP contribution in [-0.2, 0) is 23.8 Å². The van der Waals surface area contributed by atoms with Crippen LogP contribution in [0.2, 0.25) is 0 Å². The zero-order chi connectivity index (χ0) is 20.8. The Hall–Kier alpha value is -1.57. The molecule has 0 aromatic carbocycles. The zero-order valence-electron chi connectivity index (χ0n) is 12.6. The molecule has 0 saturated carbocycles. The summed E-state index contributed by atoms with van der Waals surface area (Å²) in [6.07, 6.45) is -13.8. The van der Waals surface area contributed by atoms with Crippen LogP contribution < -0.4 is 0 Å². The van der Waals surface area contributed by atoms with E-state index in [1.165, 1.54) is 0 Å². The number of thiol groups is 1. The first kappa shape index (κ1) is 24.4. The van der Waals surface area contributed by atoms with Gasteiger partial charge in [-0.1, -0.05) is 6.58 Å². The van der Waals surface area contributed by atoms with E-state index >= 15 is 0 Å². The number of hydrogen-bond donors (Lipinski definition) is 1. The fraction of sp³-hybridized carbons (Fsp3) is 0.667. The smallest absolute Gasteiger partial charge is 0.460 e. The quantitative estimate of drug-likeness (QED) is 0.204. The van der Waals surface area contributed by atoms with E-state index in [0.717, 1.165) is 0 Å². The van der Waals surface area contributed by atoms with E-state index in [-0.39, 0.29) is 6.08 Å². The van der Waals surface area contributed by atoms with Gasteiger partial charge in [-0.25, -0.2) is 9.59 Å². The molecule has 0 fully saturated rings. The SMILES string of the molecule is C=CC(=O)OC(OCCC(F)(F)S)(C(=O)OCCC(F)(F)F)C(F)(F)F. The lowest BCUT2D eigenvalue weighted by molar-refractivity contribution is -0.355. The Labute approximate surface area is 146 Å². The van der Waals surface area contributed by atoms with Gasteiger partial charge in [-0.3, -0.25) is 0 Å². The molecule has 0 aromatic heterocycles. The van der Waals surface area contributed by atoms with E-state index in [4.69, 9.17) is 0 Å². The molecule has 1 atom stereocenters. The summed E-state index contributed by atoms with van der Waals surface area (Å²) in [6, 6.07) is 0. The molecule has 0 aliphatic rings. The number of carbonyl (C=O) groups excluding carboxylic acids is 2. The lowest BCUT2D eigenvalue weighted by Crippen LogP contribution is -2.58. The molecule has 1 unspecified atom stereocenters. The highest BCUT2D eigenvalue weighted by Crippen LogP contribution is 2.37.